The maximum absolute atomic E-state index is 13.1. The van der Waals surface area contributed by atoms with Crippen LogP contribution in [0.3, 0.4) is 0 Å². The molecule has 0 aliphatic carbocycles. The molecule has 3 aromatic rings. The normalized spacial score (nSPS) is 10.4. The summed E-state index contributed by atoms with van der Waals surface area (Å²) in [6.07, 6.45) is 0.342. The van der Waals surface area contributed by atoms with E-state index in [0.29, 0.717) is 19.5 Å². The van der Waals surface area contributed by atoms with Gasteiger partial charge in [-0.2, -0.15) is 0 Å². The van der Waals surface area contributed by atoms with E-state index in [0.717, 1.165) is 22.4 Å². The summed E-state index contributed by atoms with van der Waals surface area (Å²) in [5.41, 5.74) is 9.83. The Morgan fingerprint density at radius 2 is 1.32 bits per heavy atom. The molecule has 2 N–H and O–H groups in total. The van der Waals surface area contributed by atoms with E-state index in [1.165, 1.54) is 0 Å². The van der Waals surface area contributed by atoms with Gasteiger partial charge in [0.2, 0.25) is 5.91 Å². The van der Waals surface area contributed by atoms with Crippen LogP contribution in [0.4, 0.5) is 5.69 Å². The van der Waals surface area contributed by atoms with Crippen molar-refractivity contribution < 1.29 is 4.79 Å². The molecule has 0 radical (unpaired) electrons. The van der Waals surface area contributed by atoms with Crippen molar-refractivity contribution in [3.05, 3.63) is 102 Å². The Bertz CT molecular complexity index is 816. The average molecular weight is 330 g/mol. The van der Waals surface area contributed by atoms with Crippen LogP contribution in [0.15, 0.2) is 84.9 Å². The summed E-state index contributed by atoms with van der Waals surface area (Å²) >= 11 is 0. The maximum atomic E-state index is 13.1. The molecule has 126 valence electrons. The Hall–Kier alpha value is -2.91. The van der Waals surface area contributed by atoms with Crippen LogP contribution < -0.4 is 10.6 Å². The van der Waals surface area contributed by atoms with Crippen molar-refractivity contribution in [2.75, 3.05) is 4.90 Å². The van der Waals surface area contributed by atoms with E-state index in [-0.39, 0.29) is 5.91 Å². The molecule has 3 aromatic carbocycles. The summed E-state index contributed by atoms with van der Waals surface area (Å²) in [5.74, 6) is 0.0657. The van der Waals surface area contributed by atoms with E-state index in [1.807, 2.05) is 89.8 Å². The molecular formula is C22H22N2O. The number of carbonyl (C=O) groups is 1. The highest BCUT2D eigenvalue weighted by molar-refractivity contribution is 5.94. The van der Waals surface area contributed by atoms with Gasteiger partial charge < -0.3 is 10.6 Å². The Balaban J connectivity index is 1.87. The van der Waals surface area contributed by atoms with Crippen molar-refractivity contribution in [2.45, 2.75) is 19.5 Å². The standard InChI is InChI=1S/C22H22N2O/c23-16-20-12-8-7-11-19(20)15-22(25)24(21-13-5-2-6-14-21)17-18-9-3-1-4-10-18/h1-14H,15-17,23H2. The fourth-order valence-electron chi connectivity index (χ4n) is 2.88. The van der Waals surface area contributed by atoms with Crippen molar-refractivity contribution in [3.63, 3.8) is 0 Å². The molecular weight excluding hydrogens is 308 g/mol. The van der Waals surface area contributed by atoms with Crippen LogP contribution in [-0.4, -0.2) is 5.91 Å². The van der Waals surface area contributed by atoms with Crippen molar-refractivity contribution >= 4 is 11.6 Å². The second-order valence-electron chi connectivity index (χ2n) is 5.95. The zero-order valence-electron chi connectivity index (χ0n) is 14.1. The molecule has 0 unspecified atom stereocenters. The van der Waals surface area contributed by atoms with Crippen LogP contribution >= 0.6 is 0 Å². The third-order valence-corrected chi connectivity index (χ3v) is 4.23. The number of nitrogens with two attached hydrogens (primary N) is 1. The summed E-state index contributed by atoms with van der Waals surface area (Å²) in [4.78, 5) is 14.9. The molecule has 0 atom stereocenters. The number of amides is 1. The molecule has 0 saturated carbocycles. The number of rotatable bonds is 6. The first-order valence-corrected chi connectivity index (χ1v) is 8.44. The maximum Gasteiger partial charge on any atom is 0.231 e. The monoisotopic (exact) mass is 330 g/mol. The molecule has 3 heteroatoms. The second kappa shape index (κ2) is 8.27. The molecule has 3 rings (SSSR count). The van der Waals surface area contributed by atoms with Crippen LogP contribution in [0, 0.1) is 0 Å². The fraction of sp³-hybridized carbons (Fsp3) is 0.136. The van der Waals surface area contributed by atoms with E-state index in [9.17, 15) is 4.79 Å². The van der Waals surface area contributed by atoms with Crippen LogP contribution in [0.2, 0.25) is 0 Å². The Morgan fingerprint density at radius 3 is 1.96 bits per heavy atom. The summed E-state index contributed by atoms with van der Waals surface area (Å²) in [6, 6.07) is 27.7. The van der Waals surface area contributed by atoms with Gasteiger partial charge in [-0.05, 0) is 28.8 Å². The van der Waals surface area contributed by atoms with Crippen LogP contribution in [-0.2, 0) is 24.3 Å². The van der Waals surface area contributed by atoms with Crippen LogP contribution in [0.5, 0.6) is 0 Å². The highest BCUT2D eigenvalue weighted by atomic mass is 16.2. The average Bonchev–Trinajstić information content (AvgIpc) is 2.68. The lowest BCUT2D eigenvalue weighted by atomic mass is 10.0. The third kappa shape index (κ3) is 4.34. The first-order chi connectivity index (χ1) is 12.3. The largest absolute Gasteiger partial charge is 0.326 e. The molecule has 3 nitrogen and oxygen atoms in total. The number of hydrogen-bond acceptors (Lipinski definition) is 2. The van der Waals surface area contributed by atoms with Gasteiger partial charge in [0, 0.05) is 12.2 Å². The number of hydrogen-bond donors (Lipinski definition) is 1. The highest BCUT2D eigenvalue weighted by Gasteiger charge is 2.17. The van der Waals surface area contributed by atoms with Gasteiger partial charge in [0.15, 0.2) is 0 Å². The molecule has 0 fully saturated rings. The van der Waals surface area contributed by atoms with Crippen LogP contribution in [0.25, 0.3) is 0 Å². The number of nitrogens with zero attached hydrogens (tertiary/aromatic N) is 1. The Morgan fingerprint density at radius 1 is 0.760 bits per heavy atom. The van der Waals surface area contributed by atoms with E-state index < -0.39 is 0 Å². The van der Waals surface area contributed by atoms with Crippen molar-refractivity contribution in [1.29, 1.82) is 0 Å². The van der Waals surface area contributed by atoms with E-state index in [4.69, 9.17) is 5.73 Å². The zero-order chi connectivity index (χ0) is 17.5. The first kappa shape index (κ1) is 16.9. The summed E-state index contributed by atoms with van der Waals surface area (Å²) < 4.78 is 0. The lowest BCUT2D eigenvalue weighted by molar-refractivity contribution is -0.118. The molecule has 1 amide bonds. The van der Waals surface area contributed by atoms with E-state index >= 15 is 0 Å². The molecule has 0 aliphatic rings. The Labute approximate surface area is 148 Å². The van der Waals surface area contributed by atoms with Gasteiger partial charge in [0.25, 0.3) is 0 Å². The van der Waals surface area contributed by atoms with Crippen LogP contribution in [0.1, 0.15) is 16.7 Å². The number of para-hydroxylation sites is 1. The topological polar surface area (TPSA) is 46.3 Å². The zero-order valence-corrected chi connectivity index (χ0v) is 14.1. The molecule has 0 spiro atoms. The minimum absolute atomic E-state index is 0.0657. The smallest absolute Gasteiger partial charge is 0.231 e. The van der Waals surface area contributed by atoms with Crippen molar-refractivity contribution in [1.82, 2.24) is 0 Å². The summed E-state index contributed by atoms with van der Waals surface area (Å²) in [7, 11) is 0. The quantitative estimate of drug-likeness (QED) is 0.744. The van der Waals surface area contributed by atoms with Gasteiger partial charge in [-0.15, -0.1) is 0 Å². The number of carbonyl (C=O) groups excluding carboxylic acids is 1. The predicted molar refractivity (Wildman–Crippen MR) is 102 cm³/mol. The SMILES string of the molecule is NCc1ccccc1CC(=O)N(Cc1ccccc1)c1ccccc1. The van der Waals surface area contributed by atoms with Gasteiger partial charge in [-0.3, -0.25) is 4.79 Å². The first-order valence-electron chi connectivity index (χ1n) is 8.44. The van der Waals surface area contributed by atoms with Gasteiger partial charge in [0.05, 0.1) is 13.0 Å². The third-order valence-electron chi connectivity index (χ3n) is 4.23. The summed E-state index contributed by atoms with van der Waals surface area (Å²) in [6.45, 7) is 0.988. The molecule has 0 saturated heterocycles. The molecule has 0 bridgehead atoms. The van der Waals surface area contributed by atoms with Crippen molar-refractivity contribution in [3.8, 4) is 0 Å². The fourth-order valence-corrected chi connectivity index (χ4v) is 2.88. The predicted octanol–water partition coefficient (Wildman–Crippen LogP) is 3.92. The van der Waals surface area contributed by atoms with E-state index in [2.05, 4.69) is 0 Å². The highest BCUT2D eigenvalue weighted by Crippen LogP contribution is 2.19. The Kier molecular flexibility index (Phi) is 5.60. The van der Waals surface area contributed by atoms with Gasteiger partial charge >= 0.3 is 0 Å². The van der Waals surface area contributed by atoms with Crippen molar-refractivity contribution in [2.24, 2.45) is 5.73 Å². The van der Waals surface area contributed by atoms with Gasteiger partial charge in [-0.25, -0.2) is 0 Å². The molecule has 0 aliphatic heterocycles. The lowest BCUT2D eigenvalue weighted by Crippen LogP contribution is -2.32. The molecule has 25 heavy (non-hydrogen) atoms. The number of anilines is 1. The lowest BCUT2D eigenvalue weighted by Gasteiger charge is -2.23. The minimum atomic E-state index is 0.0657. The molecule has 0 aromatic heterocycles. The van der Waals surface area contributed by atoms with E-state index in [1.54, 1.807) is 0 Å². The van der Waals surface area contributed by atoms with Gasteiger partial charge in [0.1, 0.15) is 0 Å². The minimum Gasteiger partial charge on any atom is -0.326 e. The molecule has 0 heterocycles. The summed E-state index contributed by atoms with van der Waals surface area (Å²) in [5, 5.41) is 0. The number of benzene rings is 3. The van der Waals surface area contributed by atoms with Gasteiger partial charge in [-0.1, -0.05) is 72.8 Å². The second-order valence-corrected chi connectivity index (χ2v) is 5.95.